The van der Waals surface area contributed by atoms with E-state index in [1.54, 1.807) is 17.8 Å². The van der Waals surface area contributed by atoms with E-state index in [0.29, 0.717) is 35.0 Å². The zero-order valence-electron chi connectivity index (χ0n) is 20.7. The van der Waals surface area contributed by atoms with Crippen LogP contribution in [0.3, 0.4) is 0 Å². The van der Waals surface area contributed by atoms with Crippen LogP contribution in [-0.2, 0) is 0 Å². The SMILES string of the molecule is CSc1c(OC2CC3CCC2C3)cc(C(=O)O)c(OC2CC3CCC2C3)c1OC1CC2CCC1C2. The molecule has 6 saturated carbocycles. The van der Waals surface area contributed by atoms with Gasteiger partial charge in [-0.15, -0.1) is 11.8 Å². The van der Waals surface area contributed by atoms with E-state index in [-0.39, 0.29) is 23.9 Å². The van der Waals surface area contributed by atoms with Gasteiger partial charge in [0.1, 0.15) is 29.6 Å². The van der Waals surface area contributed by atoms with Gasteiger partial charge in [-0.05, 0) is 125 Å². The lowest BCUT2D eigenvalue weighted by Crippen LogP contribution is -2.28. The average Bonchev–Trinajstić information content (AvgIpc) is 3.69. The quantitative estimate of drug-likeness (QED) is 0.397. The topological polar surface area (TPSA) is 65.0 Å². The highest BCUT2D eigenvalue weighted by molar-refractivity contribution is 7.98. The van der Waals surface area contributed by atoms with Crippen molar-refractivity contribution in [3.8, 4) is 17.2 Å². The fourth-order valence-corrected chi connectivity index (χ4v) is 9.36. The molecule has 0 heterocycles. The van der Waals surface area contributed by atoms with Gasteiger partial charge in [-0.3, -0.25) is 0 Å². The molecule has 7 rings (SSSR count). The van der Waals surface area contributed by atoms with Crippen LogP contribution < -0.4 is 14.2 Å². The summed E-state index contributed by atoms with van der Waals surface area (Å²) in [7, 11) is 0. The van der Waals surface area contributed by atoms with Crippen molar-refractivity contribution >= 4 is 17.7 Å². The Morgan fingerprint density at radius 1 is 0.743 bits per heavy atom. The van der Waals surface area contributed by atoms with Crippen molar-refractivity contribution in [2.24, 2.45) is 35.5 Å². The fraction of sp³-hybridized carbons (Fsp3) is 0.759. The van der Waals surface area contributed by atoms with Crippen molar-refractivity contribution in [3.05, 3.63) is 11.6 Å². The number of rotatable bonds is 8. The molecular formula is C29H38O5S. The molecule has 6 bridgehead atoms. The molecule has 9 unspecified atom stereocenters. The molecule has 0 aliphatic heterocycles. The van der Waals surface area contributed by atoms with Crippen molar-refractivity contribution in [2.75, 3.05) is 6.26 Å². The Morgan fingerprint density at radius 2 is 1.23 bits per heavy atom. The van der Waals surface area contributed by atoms with Crippen molar-refractivity contribution < 1.29 is 24.1 Å². The zero-order chi connectivity index (χ0) is 23.7. The third-order valence-electron chi connectivity index (χ3n) is 10.4. The second-order valence-electron chi connectivity index (χ2n) is 12.4. The van der Waals surface area contributed by atoms with E-state index in [9.17, 15) is 9.90 Å². The number of hydrogen-bond donors (Lipinski definition) is 1. The van der Waals surface area contributed by atoms with Crippen LogP contribution >= 0.6 is 11.8 Å². The first-order valence-corrected chi connectivity index (χ1v) is 15.3. The summed E-state index contributed by atoms with van der Waals surface area (Å²) in [6.45, 7) is 0. The van der Waals surface area contributed by atoms with Gasteiger partial charge in [-0.2, -0.15) is 0 Å². The average molecular weight is 499 g/mol. The first kappa shape index (κ1) is 22.6. The Balaban J connectivity index is 1.27. The Kier molecular flexibility index (Phi) is 5.67. The summed E-state index contributed by atoms with van der Waals surface area (Å²) in [6, 6.07) is 1.75. The summed E-state index contributed by atoms with van der Waals surface area (Å²) in [5, 5.41) is 10.3. The number of aromatic carboxylic acids is 1. The number of carboxylic acids is 1. The highest BCUT2D eigenvalue weighted by atomic mass is 32.2. The minimum Gasteiger partial charge on any atom is -0.489 e. The van der Waals surface area contributed by atoms with E-state index in [0.717, 1.165) is 41.9 Å². The van der Waals surface area contributed by atoms with Gasteiger partial charge in [0.15, 0.2) is 11.5 Å². The highest BCUT2D eigenvalue weighted by Crippen LogP contribution is 2.54. The van der Waals surface area contributed by atoms with Crippen LogP contribution in [0, 0.1) is 35.5 Å². The molecule has 0 radical (unpaired) electrons. The lowest BCUT2D eigenvalue weighted by Gasteiger charge is -2.31. The lowest BCUT2D eigenvalue weighted by molar-refractivity contribution is 0.0668. The molecule has 0 amide bonds. The number of carboxylic acid groups (broad SMARTS) is 1. The number of fused-ring (bicyclic) bond motifs is 6. The summed E-state index contributed by atoms with van der Waals surface area (Å²) in [6.07, 6.45) is 17.0. The maximum Gasteiger partial charge on any atom is 0.339 e. The van der Waals surface area contributed by atoms with Gasteiger partial charge in [0.25, 0.3) is 0 Å². The van der Waals surface area contributed by atoms with Gasteiger partial charge >= 0.3 is 5.97 Å². The smallest absolute Gasteiger partial charge is 0.339 e. The number of hydrogen-bond acceptors (Lipinski definition) is 5. The molecule has 6 aliphatic rings. The molecule has 35 heavy (non-hydrogen) atoms. The molecular weight excluding hydrogens is 460 g/mol. The Labute approximate surface area is 212 Å². The maximum atomic E-state index is 12.6. The van der Waals surface area contributed by atoms with Crippen molar-refractivity contribution in [1.29, 1.82) is 0 Å². The lowest BCUT2D eigenvalue weighted by atomic mass is 9.97. The van der Waals surface area contributed by atoms with Gasteiger partial charge in [0, 0.05) is 0 Å². The van der Waals surface area contributed by atoms with Crippen LogP contribution in [0.5, 0.6) is 17.2 Å². The van der Waals surface area contributed by atoms with Crippen molar-refractivity contribution in [3.63, 3.8) is 0 Å². The van der Waals surface area contributed by atoms with Crippen LogP contribution in [0.2, 0.25) is 0 Å². The number of ether oxygens (including phenoxy) is 3. The molecule has 6 heteroatoms. The van der Waals surface area contributed by atoms with Gasteiger partial charge in [0.05, 0.1) is 4.90 Å². The monoisotopic (exact) mass is 498 g/mol. The summed E-state index contributed by atoms with van der Waals surface area (Å²) in [4.78, 5) is 13.5. The van der Waals surface area contributed by atoms with E-state index in [1.165, 1.54) is 57.8 Å². The molecule has 1 aromatic rings. The van der Waals surface area contributed by atoms with E-state index >= 15 is 0 Å². The number of benzene rings is 1. The minimum atomic E-state index is -0.952. The van der Waals surface area contributed by atoms with Gasteiger partial charge in [0.2, 0.25) is 0 Å². The molecule has 0 spiro atoms. The summed E-state index contributed by atoms with van der Waals surface area (Å²) in [5.41, 5.74) is 0.210. The highest BCUT2D eigenvalue weighted by Gasteiger charge is 2.45. The standard InChI is InChI=1S/C29H38O5S/c1-35-28-25(32-22-11-15-2-5-18(22)8-15)14-21(29(30)31)26(33-23-12-16-3-6-19(23)9-16)27(28)34-24-13-17-4-7-20(24)10-17/h14-20,22-24H,2-13H2,1H3,(H,30,31). The third kappa shape index (κ3) is 3.93. The first-order valence-electron chi connectivity index (χ1n) is 14.0. The predicted molar refractivity (Wildman–Crippen MR) is 135 cm³/mol. The van der Waals surface area contributed by atoms with Crippen LogP contribution in [-0.4, -0.2) is 35.6 Å². The normalized spacial score (nSPS) is 40.5. The van der Waals surface area contributed by atoms with Crippen molar-refractivity contribution in [1.82, 2.24) is 0 Å². The second kappa shape index (κ2) is 8.78. The Bertz CT molecular complexity index is 1010. The van der Waals surface area contributed by atoms with Gasteiger partial charge in [-0.1, -0.05) is 0 Å². The van der Waals surface area contributed by atoms with E-state index < -0.39 is 5.97 Å². The van der Waals surface area contributed by atoms with Crippen LogP contribution in [0.4, 0.5) is 0 Å². The molecule has 6 fully saturated rings. The van der Waals surface area contributed by atoms with E-state index in [1.807, 2.05) is 0 Å². The number of thioether (sulfide) groups is 1. The molecule has 6 aliphatic carbocycles. The molecule has 0 aromatic heterocycles. The first-order chi connectivity index (χ1) is 17.1. The largest absolute Gasteiger partial charge is 0.489 e. The van der Waals surface area contributed by atoms with Gasteiger partial charge in [-0.25, -0.2) is 4.79 Å². The minimum absolute atomic E-state index is 0.0984. The Morgan fingerprint density at radius 3 is 1.63 bits per heavy atom. The summed E-state index contributed by atoms with van der Waals surface area (Å²) >= 11 is 1.61. The summed E-state index contributed by atoms with van der Waals surface area (Å²) < 4.78 is 20.1. The summed E-state index contributed by atoms with van der Waals surface area (Å²) in [5.74, 6) is 4.82. The molecule has 1 aromatic carbocycles. The van der Waals surface area contributed by atoms with Crippen LogP contribution in [0.15, 0.2) is 11.0 Å². The predicted octanol–water partition coefficient (Wildman–Crippen LogP) is 6.81. The maximum absolute atomic E-state index is 12.6. The van der Waals surface area contributed by atoms with Crippen LogP contribution in [0.25, 0.3) is 0 Å². The molecule has 5 nitrogen and oxygen atoms in total. The number of carbonyl (C=O) groups is 1. The Hall–Kier alpha value is -1.56. The second-order valence-corrected chi connectivity index (χ2v) is 13.2. The molecule has 190 valence electrons. The van der Waals surface area contributed by atoms with Crippen molar-refractivity contribution in [2.45, 2.75) is 100 Å². The molecule has 1 N–H and O–H groups in total. The fourth-order valence-electron chi connectivity index (χ4n) is 8.72. The zero-order valence-corrected chi connectivity index (χ0v) is 21.6. The van der Waals surface area contributed by atoms with E-state index in [2.05, 4.69) is 6.26 Å². The third-order valence-corrected chi connectivity index (χ3v) is 11.2. The van der Waals surface area contributed by atoms with Crippen LogP contribution in [0.1, 0.15) is 87.4 Å². The van der Waals surface area contributed by atoms with Gasteiger partial charge < -0.3 is 19.3 Å². The molecule has 9 atom stereocenters. The molecule has 0 saturated heterocycles. The van der Waals surface area contributed by atoms with E-state index in [4.69, 9.17) is 14.2 Å².